The molecule has 2 rings (SSSR count). The molecule has 2 saturated carbocycles. The third kappa shape index (κ3) is 3.57. The Hall–Kier alpha value is 0. The number of hydrogen-bond donors (Lipinski definition) is 0. The monoisotopic (exact) mass is 306 g/mol. The van der Waals surface area contributed by atoms with E-state index in [1.165, 1.54) is 57.8 Å². The van der Waals surface area contributed by atoms with E-state index in [0.717, 1.165) is 29.6 Å². The van der Waals surface area contributed by atoms with E-state index in [4.69, 9.17) is 0 Å². The lowest BCUT2D eigenvalue weighted by Crippen LogP contribution is -2.46. The van der Waals surface area contributed by atoms with Gasteiger partial charge in [-0.3, -0.25) is 0 Å². The molecule has 2 aliphatic rings. The van der Waals surface area contributed by atoms with Crippen molar-refractivity contribution in [1.82, 2.24) is 0 Å². The van der Waals surface area contributed by atoms with Crippen LogP contribution in [0.4, 0.5) is 0 Å². The summed E-state index contributed by atoms with van der Waals surface area (Å²) in [5.74, 6) is 4.94. The van der Waals surface area contributed by atoms with E-state index in [9.17, 15) is 0 Å². The molecular weight excluding hydrogens is 264 g/mol. The third-order valence-electron chi connectivity index (χ3n) is 7.81. The van der Waals surface area contributed by atoms with Gasteiger partial charge in [-0.15, -0.1) is 0 Å². The first-order chi connectivity index (χ1) is 10.6. The summed E-state index contributed by atoms with van der Waals surface area (Å²) in [4.78, 5) is 0. The summed E-state index contributed by atoms with van der Waals surface area (Å²) in [7, 11) is 0. The lowest BCUT2D eigenvalue weighted by molar-refractivity contribution is -0.0479. The lowest BCUT2D eigenvalue weighted by Gasteiger charge is -2.54. The Kier molecular flexibility index (Phi) is 6.84. The maximum Gasteiger partial charge on any atom is -0.0220 e. The maximum atomic E-state index is 2.57. The SMILES string of the molecule is CCCCCC1CCC(C2CCCC(C)C2(CC)C(C)C)C1. The van der Waals surface area contributed by atoms with E-state index < -0.39 is 0 Å². The van der Waals surface area contributed by atoms with Crippen LogP contribution in [0.2, 0.25) is 0 Å². The normalized spacial score (nSPS) is 39.5. The summed E-state index contributed by atoms with van der Waals surface area (Å²) < 4.78 is 0. The highest BCUT2D eigenvalue weighted by Crippen LogP contribution is 2.58. The van der Waals surface area contributed by atoms with E-state index in [2.05, 4.69) is 34.6 Å². The van der Waals surface area contributed by atoms with Crippen LogP contribution < -0.4 is 0 Å². The van der Waals surface area contributed by atoms with E-state index in [-0.39, 0.29) is 0 Å². The van der Waals surface area contributed by atoms with E-state index in [1.54, 1.807) is 12.8 Å². The highest BCUT2D eigenvalue weighted by molar-refractivity contribution is 4.99. The van der Waals surface area contributed by atoms with Crippen molar-refractivity contribution in [2.45, 2.75) is 105 Å². The van der Waals surface area contributed by atoms with Gasteiger partial charge in [-0.1, -0.05) is 79.6 Å². The zero-order valence-corrected chi connectivity index (χ0v) is 16.2. The minimum absolute atomic E-state index is 0.640. The Labute approximate surface area is 140 Å². The average Bonchev–Trinajstić information content (AvgIpc) is 2.95. The molecule has 5 atom stereocenters. The fourth-order valence-corrected chi connectivity index (χ4v) is 6.66. The van der Waals surface area contributed by atoms with Gasteiger partial charge in [-0.2, -0.15) is 0 Å². The van der Waals surface area contributed by atoms with E-state index >= 15 is 0 Å². The van der Waals surface area contributed by atoms with Crippen LogP contribution in [0.1, 0.15) is 105 Å². The van der Waals surface area contributed by atoms with Gasteiger partial charge in [0.2, 0.25) is 0 Å². The zero-order valence-electron chi connectivity index (χ0n) is 16.2. The largest absolute Gasteiger partial charge is 0.0654 e. The molecule has 22 heavy (non-hydrogen) atoms. The first kappa shape index (κ1) is 18.3. The van der Waals surface area contributed by atoms with Crippen LogP contribution in [0.15, 0.2) is 0 Å². The van der Waals surface area contributed by atoms with Gasteiger partial charge >= 0.3 is 0 Å². The molecule has 0 saturated heterocycles. The molecular formula is C22H42. The van der Waals surface area contributed by atoms with Gasteiger partial charge in [0.05, 0.1) is 0 Å². The molecule has 2 aliphatic carbocycles. The first-order valence-corrected chi connectivity index (χ1v) is 10.6. The molecule has 0 radical (unpaired) electrons. The first-order valence-electron chi connectivity index (χ1n) is 10.6. The summed E-state index contributed by atoms with van der Waals surface area (Å²) >= 11 is 0. The van der Waals surface area contributed by atoms with Crippen molar-refractivity contribution in [3.8, 4) is 0 Å². The molecule has 0 N–H and O–H groups in total. The van der Waals surface area contributed by atoms with Crippen LogP contribution in [0.5, 0.6) is 0 Å². The van der Waals surface area contributed by atoms with Crippen molar-refractivity contribution in [3.63, 3.8) is 0 Å². The van der Waals surface area contributed by atoms with Gasteiger partial charge < -0.3 is 0 Å². The van der Waals surface area contributed by atoms with Crippen LogP contribution in [-0.2, 0) is 0 Å². The van der Waals surface area contributed by atoms with Crippen molar-refractivity contribution in [2.75, 3.05) is 0 Å². The molecule has 0 heteroatoms. The smallest absolute Gasteiger partial charge is 0.0220 e. The molecule has 0 nitrogen and oxygen atoms in total. The molecule has 5 unspecified atom stereocenters. The fraction of sp³-hybridized carbons (Fsp3) is 1.00. The molecule has 0 spiro atoms. The fourth-order valence-electron chi connectivity index (χ4n) is 6.66. The van der Waals surface area contributed by atoms with Gasteiger partial charge in [0.25, 0.3) is 0 Å². The molecule has 0 amide bonds. The van der Waals surface area contributed by atoms with Crippen molar-refractivity contribution in [2.24, 2.45) is 35.0 Å². The van der Waals surface area contributed by atoms with E-state index in [0.29, 0.717) is 5.41 Å². The molecule has 0 aromatic heterocycles. The molecule has 2 fully saturated rings. The highest BCUT2D eigenvalue weighted by atomic mass is 14.5. The second-order valence-electron chi connectivity index (χ2n) is 8.99. The standard InChI is InChI=1S/C22H42/c1-6-8-9-12-19-14-15-20(16-19)21-13-10-11-18(5)22(21,7-2)17(3)4/h17-21H,6-16H2,1-5H3. The zero-order chi connectivity index (χ0) is 16.2. The van der Waals surface area contributed by atoms with Gasteiger partial charge in [0.15, 0.2) is 0 Å². The quantitative estimate of drug-likeness (QED) is 0.428. The Morgan fingerprint density at radius 1 is 1.00 bits per heavy atom. The molecule has 0 aromatic rings. The predicted octanol–water partition coefficient (Wildman–Crippen LogP) is 7.47. The van der Waals surface area contributed by atoms with Crippen LogP contribution in [0.3, 0.4) is 0 Å². The van der Waals surface area contributed by atoms with Gasteiger partial charge in [0, 0.05) is 0 Å². The van der Waals surface area contributed by atoms with Crippen molar-refractivity contribution in [1.29, 1.82) is 0 Å². The van der Waals surface area contributed by atoms with E-state index in [1.807, 2.05) is 0 Å². The maximum absolute atomic E-state index is 2.57. The Morgan fingerprint density at radius 2 is 1.77 bits per heavy atom. The van der Waals surface area contributed by atoms with Crippen molar-refractivity contribution in [3.05, 3.63) is 0 Å². The summed E-state index contributed by atoms with van der Waals surface area (Å²) in [5.41, 5.74) is 0.640. The Morgan fingerprint density at radius 3 is 2.41 bits per heavy atom. The lowest BCUT2D eigenvalue weighted by atomic mass is 9.51. The predicted molar refractivity (Wildman–Crippen MR) is 99.0 cm³/mol. The van der Waals surface area contributed by atoms with Gasteiger partial charge in [-0.05, 0) is 60.7 Å². The summed E-state index contributed by atoms with van der Waals surface area (Å²) in [5, 5.41) is 0. The molecule has 0 heterocycles. The Balaban J connectivity index is 2.03. The Bertz CT molecular complexity index is 318. The molecule has 0 aliphatic heterocycles. The van der Waals surface area contributed by atoms with Crippen LogP contribution >= 0.6 is 0 Å². The van der Waals surface area contributed by atoms with Crippen LogP contribution in [-0.4, -0.2) is 0 Å². The number of rotatable bonds is 7. The number of unbranched alkanes of at least 4 members (excludes halogenated alkanes) is 2. The van der Waals surface area contributed by atoms with Gasteiger partial charge in [-0.25, -0.2) is 0 Å². The summed E-state index contributed by atoms with van der Waals surface area (Å²) in [6.07, 6.45) is 16.4. The summed E-state index contributed by atoms with van der Waals surface area (Å²) in [6.45, 7) is 12.4. The topological polar surface area (TPSA) is 0 Å². The van der Waals surface area contributed by atoms with Gasteiger partial charge in [0.1, 0.15) is 0 Å². The van der Waals surface area contributed by atoms with Crippen molar-refractivity contribution >= 4 is 0 Å². The second-order valence-corrected chi connectivity index (χ2v) is 8.99. The highest BCUT2D eigenvalue weighted by Gasteiger charge is 2.49. The van der Waals surface area contributed by atoms with Crippen LogP contribution in [0.25, 0.3) is 0 Å². The number of hydrogen-bond acceptors (Lipinski definition) is 0. The van der Waals surface area contributed by atoms with Crippen molar-refractivity contribution < 1.29 is 0 Å². The molecule has 0 bridgehead atoms. The minimum Gasteiger partial charge on any atom is -0.0654 e. The molecule has 0 aromatic carbocycles. The summed E-state index contributed by atoms with van der Waals surface area (Å²) in [6, 6.07) is 0. The molecule has 130 valence electrons. The minimum atomic E-state index is 0.640. The van der Waals surface area contributed by atoms with Crippen LogP contribution in [0, 0.1) is 35.0 Å². The second kappa shape index (κ2) is 8.20. The average molecular weight is 307 g/mol. The third-order valence-corrected chi connectivity index (χ3v) is 7.81.